The van der Waals surface area contributed by atoms with E-state index < -0.39 is 23.4 Å². The summed E-state index contributed by atoms with van der Waals surface area (Å²) >= 11 is 0. The highest BCUT2D eigenvalue weighted by Crippen LogP contribution is 2.45. The molecule has 0 nitrogen and oxygen atoms in total. The molecule has 2 saturated carbocycles. The van der Waals surface area contributed by atoms with Crippen molar-refractivity contribution >= 4 is 0 Å². The zero-order valence-electron chi connectivity index (χ0n) is 17.2. The molecular formula is C24H30F6. The van der Waals surface area contributed by atoms with Gasteiger partial charge in [0.05, 0.1) is 6.67 Å². The summed E-state index contributed by atoms with van der Waals surface area (Å²) < 4.78 is 78.3. The molecule has 0 amide bonds. The van der Waals surface area contributed by atoms with Crippen LogP contribution in [0.1, 0.15) is 81.3 Å². The van der Waals surface area contributed by atoms with E-state index in [-0.39, 0.29) is 12.6 Å². The number of hydrogen-bond donors (Lipinski definition) is 0. The number of benzene rings is 1. The van der Waals surface area contributed by atoms with Gasteiger partial charge >= 0.3 is 6.18 Å². The summed E-state index contributed by atoms with van der Waals surface area (Å²) in [6, 6.07) is 1.74. The highest BCUT2D eigenvalue weighted by Gasteiger charge is 2.39. The minimum absolute atomic E-state index is 0.0812. The zero-order chi connectivity index (χ0) is 21.7. The van der Waals surface area contributed by atoms with Crippen molar-refractivity contribution in [2.45, 2.75) is 76.3 Å². The monoisotopic (exact) mass is 432 g/mol. The molecule has 1 aromatic rings. The van der Waals surface area contributed by atoms with Crippen LogP contribution in [0.15, 0.2) is 24.3 Å². The van der Waals surface area contributed by atoms with E-state index in [1.54, 1.807) is 0 Å². The summed E-state index contributed by atoms with van der Waals surface area (Å²) in [6.07, 6.45) is 8.74. The van der Waals surface area contributed by atoms with E-state index in [9.17, 15) is 26.3 Å². The first-order chi connectivity index (χ1) is 14.3. The first-order valence-corrected chi connectivity index (χ1v) is 11.1. The van der Waals surface area contributed by atoms with Gasteiger partial charge in [-0.05, 0) is 106 Å². The molecule has 168 valence electrons. The third-order valence-corrected chi connectivity index (χ3v) is 6.99. The van der Waals surface area contributed by atoms with E-state index in [1.165, 1.54) is 0 Å². The van der Waals surface area contributed by atoms with Crippen molar-refractivity contribution in [3.05, 3.63) is 47.0 Å². The smallest absolute Gasteiger partial charge is 0.251 e. The first kappa shape index (κ1) is 23.2. The lowest BCUT2D eigenvalue weighted by Crippen LogP contribution is -2.25. The third kappa shape index (κ3) is 5.82. The number of unbranched alkanes of at least 4 members (excludes halogenated alkanes) is 1. The van der Waals surface area contributed by atoms with Crippen LogP contribution in [0.2, 0.25) is 0 Å². The molecule has 0 atom stereocenters. The highest BCUT2D eigenvalue weighted by molar-refractivity contribution is 5.30. The van der Waals surface area contributed by atoms with Crippen LogP contribution in [-0.4, -0.2) is 6.67 Å². The molecule has 2 fully saturated rings. The normalized spacial score (nSPS) is 28.2. The fourth-order valence-electron chi connectivity index (χ4n) is 5.32. The predicted molar refractivity (Wildman–Crippen MR) is 106 cm³/mol. The van der Waals surface area contributed by atoms with Gasteiger partial charge in [-0.1, -0.05) is 12.2 Å². The fourth-order valence-corrected chi connectivity index (χ4v) is 5.32. The third-order valence-electron chi connectivity index (χ3n) is 6.99. The molecule has 30 heavy (non-hydrogen) atoms. The van der Waals surface area contributed by atoms with Crippen molar-refractivity contribution in [3.63, 3.8) is 0 Å². The molecule has 0 unspecified atom stereocenters. The Morgan fingerprint density at radius 1 is 0.833 bits per heavy atom. The fraction of sp³-hybridized carbons (Fsp3) is 0.667. The second-order valence-corrected chi connectivity index (χ2v) is 8.90. The van der Waals surface area contributed by atoms with Crippen molar-refractivity contribution in [1.82, 2.24) is 0 Å². The van der Waals surface area contributed by atoms with Crippen LogP contribution in [0, 0.1) is 29.4 Å². The summed E-state index contributed by atoms with van der Waals surface area (Å²) in [5.41, 5.74) is -1.45. The molecule has 0 bridgehead atoms. The van der Waals surface area contributed by atoms with Gasteiger partial charge < -0.3 is 0 Å². The van der Waals surface area contributed by atoms with E-state index in [0.29, 0.717) is 29.7 Å². The van der Waals surface area contributed by atoms with Gasteiger partial charge in [-0.2, -0.15) is 13.2 Å². The van der Waals surface area contributed by atoms with E-state index in [1.807, 2.05) is 0 Å². The van der Waals surface area contributed by atoms with Gasteiger partial charge in [-0.3, -0.25) is 4.39 Å². The van der Waals surface area contributed by atoms with Crippen LogP contribution in [-0.2, 0) is 6.18 Å². The molecule has 6 heteroatoms. The quantitative estimate of drug-likeness (QED) is 0.241. The maximum Gasteiger partial charge on any atom is 0.422 e. The molecule has 3 rings (SSSR count). The van der Waals surface area contributed by atoms with Crippen LogP contribution in [0.25, 0.3) is 0 Å². The summed E-state index contributed by atoms with van der Waals surface area (Å²) in [5.74, 6) is -1.29. The van der Waals surface area contributed by atoms with Crippen LogP contribution in [0.3, 0.4) is 0 Å². The average molecular weight is 432 g/mol. The summed E-state index contributed by atoms with van der Waals surface area (Å²) in [7, 11) is 0. The molecular weight excluding hydrogens is 402 g/mol. The molecule has 0 radical (unpaired) electrons. The predicted octanol–water partition coefficient (Wildman–Crippen LogP) is 8.37. The summed E-state index contributed by atoms with van der Waals surface area (Å²) in [6.45, 7) is -0.272. The van der Waals surface area contributed by atoms with Gasteiger partial charge in [0.2, 0.25) is 0 Å². The molecule has 2 aliphatic rings. The van der Waals surface area contributed by atoms with Crippen molar-refractivity contribution in [2.24, 2.45) is 17.8 Å². The largest absolute Gasteiger partial charge is 0.422 e. The first-order valence-electron chi connectivity index (χ1n) is 11.1. The number of alkyl halides is 4. The van der Waals surface area contributed by atoms with Crippen LogP contribution < -0.4 is 0 Å². The van der Waals surface area contributed by atoms with Gasteiger partial charge in [0.15, 0.2) is 0 Å². The zero-order valence-corrected chi connectivity index (χ0v) is 17.2. The molecule has 0 aromatic heterocycles. The van der Waals surface area contributed by atoms with E-state index in [4.69, 9.17) is 0 Å². The molecule has 0 aliphatic heterocycles. The maximum atomic E-state index is 13.9. The summed E-state index contributed by atoms with van der Waals surface area (Å²) in [5, 5.41) is 0. The van der Waals surface area contributed by atoms with E-state index >= 15 is 0 Å². The Morgan fingerprint density at radius 3 is 1.87 bits per heavy atom. The number of halogens is 6. The molecule has 0 heterocycles. The van der Waals surface area contributed by atoms with Gasteiger partial charge in [-0.15, -0.1) is 0 Å². The second-order valence-electron chi connectivity index (χ2n) is 8.90. The topological polar surface area (TPSA) is 0 Å². The van der Waals surface area contributed by atoms with Crippen molar-refractivity contribution < 1.29 is 26.3 Å². The van der Waals surface area contributed by atoms with E-state index in [2.05, 4.69) is 12.2 Å². The Balaban J connectivity index is 1.51. The van der Waals surface area contributed by atoms with Gasteiger partial charge in [0.1, 0.15) is 17.2 Å². The second kappa shape index (κ2) is 10.2. The van der Waals surface area contributed by atoms with Crippen LogP contribution in [0.4, 0.5) is 26.3 Å². The lowest BCUT2D eigenvalue weighted by atomic mass is 9.68. The molecule has 2 aliphatic carbocycles. The molecule has 1 aromatic carbocycles. The Kier molecular flexibility index (Phi) is 7.92. The SMILES string of the molecule is FCCCC=C[C@H]1CC[C@H]([C@H]2CC[C@H](c3cc(F)c(C(F)(F)F)c(F)c3)CC2)CC1. The Labute approximate surface area is 174 Å². The van der Waals surface area contributed by atoms with E-state index in [0.717, 1.165) is 69.9 Å². The highest BCUT2D eigenvalue weighted by atomic mass is 19.4. The average Bonchev–Trinajstić information content (AvgIpc) is 2.70. The number of hydrogen-bond acceptors (Lipinski definition) is 0. The van der Waals surface area contributed by atoms with Crippen LogP contribution >= 0.6 is 0 Å². The Morgan fingerprint density at radius 2 is 1.37 bits per heavy atom. The Hall–Kier alpha value is -1.46. The minimum Gasteiger partial charge on any atom is -0.251 e. The van der Waals surface area contributed by atoms with Gasteiger partial charge in [0, 0.05) is 0 Å². The lowest BCUT2D eigenvalue weighted by Gasteiger charge is -2.37. The Bertz CT molecular complexity index is 684. The molecule has 0 saturated heterocycles. The number of rotatable bonds is 6. The molecule has 0 spiro atoms. The van der Waals surface area contributed by atoms with Gasteiger partial charge in [-0.25, -0.2) is 8.78 Å². The summed E-state index contributed by atoms with van der Waals surface area (Å²) in [4.78, 5) is 0. The number of allylic oxidation sites excluding steroid dienone is 2. The van der Waals surface area contributed by atoms with Crippen molar-refractivity contribution in [1.29, 1.82) is 0 Å². The van der Waals surface area contributed by atoms with Crippen molar-refractivity contribution in [3.8, 4) is 0 Å². The molecule has 0 N–H and O–H groups in total. The maximum absolute atomic E-state index is 13.9. The standard InChI is InChI=1S/C24H30F6/c25-13-3-1-2-4-16-5-7-17(8-6-16)18-9-11-19(12-10-18)20-14-21(26)23(22(27)15-20)24(28,29)30/h2,4,14-19H,1,3,5-13H2/t16-,17-,18-,19-. The van der Waals surface area contributed by atoms with Gasteiger partial charge in [0.25, 0.3) is 0 Å². The van der Waals surface area contributed by atoms with Crippen molar-refractivity contribution in [2.75, 3.05) is 6.67 Å². The van der Waals surface area contributed by atoms with Crippen LogP contribution in [0.5, 0.6) is 0 Å². The lowest BCUT2D eigenvalue weighted by molar-refractivity contribution is -0.142. The minimum atomic E-state index is -5.02.